The minimum absolute atomic E-state index is 0.351. The second-order valence-electron chi connectivity index (χ2n) is 5.12. The zero-order valence-corrected chi connectivity index (χ0v) is 13.3. The van der Waals surface area contributed by atoms with Crippen LogP contribution in [0.15, 0.2) is 0 Å². The molecule has 22 heavy (non-hydrogen) atoms. The number of anilines is 2. The number of rotatable bonds is 6. The molecule has 1 aromatic rings. The summed E-state index contributed by atoms with van der Waals surface area (Å²) in [5.74, 6) is 1.45. The first kappa shape index (κ1) is 16.4. The van der Waals surface area contributed by atoms with Gasteiger partial charge in [0.2, 0.25) is 11.9 Å². The van der Waals surface area contributed by atoms with Crippen molar-refractivity contribution in [1.82, 2.24) is 15.0 Å². The minimum Gasteiger partial charge on any atom is -0.442 e. The molecule has 0 radical (unpaired) electrons. The second kappa shape index (κ2) is 7.88. The van der Waals surface area contributed by atoms with Crippen molar-refractivity contribution in [2.45, 2.75) is 39.8 Å². The van der Waals surface area contributed by atoms with E-state index in [4.69, 9.17) is 9.47 Å². The number of hydrogen-bond acceptors (Lipinski definition) is 8. The van der Waals surface area contributed by atoms with E-state index < -0.39 is 6.23 Å². The maximum atomic E-state index is 11.0. The Bertz CT molecular complexity index is 505. The van der Waals surface area contributed by atoms with Gasteiger partial charge in [-0.25, -0.2) is 0 Å². The molecule has 0 aliphatic carbocycles. The number of hydrogen-bond donors (Lipinski definition) is 1. The summed E-state index contributed by atoms with van der Waals surface area (Å²) in [6.45, 7) is 8.03. The lowest BCUT2D eigenvalue weighted by Gasteiger charge is -2.27. The third kappa shape index (κ3) is 4.80. The Kier molecular flexibility index (Phi) is 5.88. The van der Waals surface area contributed by atoms with Crippen molar-refractivity contribution in [2.24, 2.45) is 0 Å². The number of carbonyl (C=O) groups is 1. The largest absolute Gasteiger partial charge is 0.442 e. The Morgan fingerprint density at radius 1 is 1.36 bits per heavy atom. The third-order valence-corrected chi connectivity index (χ3v) is 3.11. The van der Waals surface area contributed by atoms with Crippen molar-refractivity contribution in [3.05, 3.63) is 5.82 Å². The number of nitrogens with one attached hydrogen (secondary N) is 1. The summed E-state index contributed by atoms with van der Waals surface area (Å²) in [6.07, 6.45) is 1.23. The van der Waals surface area contributed by atoms with E-state index in [0.29, 0.717) is 25.1 Å². The molecule has 0 bridgehead atoms. The highest BCUT2D eigenvalue weighted by atomic mass is 16.6. The molecule has 8 nitrogen and oxygen atoms in total. The summed E-state index contributed by atoms with van der Waals surface area (Å²) in [6, 6.07) is 0. The SMILES string of the molecule is CCCc1nc(NC(C)OC(C)=O)nc(N2CCOCC2)n1. The number of aromatic nitrogens is 3. The van der Waals surface area contributed by atoms with E-state index >= 15 is 0 Å². The molecule has 1 atom stereocenters. The fourth-order valence-corrected chi connectivity index (χ4v) is 2.17. The molecule has 2 rings (SSSR count). The molecule has 122 valence electrons. The molecule has 1 aliphatic rings. The van der Waals surface area contributed by atoms with E-state index in [-0.39, 0.29) is 5.97 Å². The number of nitrogens with zero attached hydrogens (tertiary/aromatic N) is 4. The lowest BCUT2D eigenvalue weighted by molar-refractivity contribution is -0.144. The van der Waals surface area contributed by atoms with Gasteiger partial charge in [0, 0.05) is 26.4 Å². The molecule has 1 N–H and O–H groups in total. The van der Waals surface area contributed by atoms with Crippen molar-refractivity contribution >= 4 is 17.9 Å². The predicted molar refractivity (Wildman–Crippen MR) is 81.7 cm³/mol. The predicted octanol–water partition coefficient (Wildman–Crippen LogP) is 0.982. The van der Waals surface area contributed by atoms with Crippen LogP contribution in [-0.4, -0.2) is 53.5 Å². The molecule has 1 aliphatic heterocycles. The quantitative estimate of drug-likeness (QED) is 0.614. The first-order valence-corrected chi connectivity index (χ1v) is 7.60. The smallest absolute Gasteiger partial charge is 0.304 e. The Balaban J connectivity index is 2.16. The first-order valence-electron chi connectivity index (χ1n) is 7.60. The van der Waals surface area contributed by atoms with Gasteiger partial charge in [0.25, 0.3) is 0 Å². The minimum atomic E-state index is -0.494. The van der Waals surface area contributed by atoms with E-state index in [9.17, 15) is 4.79 Å². The number of morpholine rings is 1. The van der Waals surface area contributed by atoms with Gasteiger partial charge < -0.3 is 19.7 Å². The van der Waals surface area contributed by atoms with Crippen LogP contribution < -0.4 is 10.2 Å². The van der Waals surface area contributed by atoms with Gasteiger partial charge in [-0.05, 0) is 13.3 Å². The summed E-state index contributed by atoms with van der Waals surface area (Å²) < 4.78 is 10.4. The van der Waals surface area contributed by atoms with Crippen LogP contribution in [0.25, 0.3) is 0 Å². The van der Waals surface area contributed by atoms with Gasteiger partial charge >= 0.3 is 5.97 Å². The Hall–Kier alpha value is -1.96. The monoisotopic (exact) mass is 309 g/mol. The van der Waals surface area contributed by atoms with Crippen LogP contribution in [0.3, 0.4) is 0 Å². The van der Waals surface area contributed by atoms with Crippen LogP contribution in [0.2, 0.25) is 0 Å². The summed E-state index contributed by atoms with van der Waals surface area (Å²) in [4.78, 5) is 26.4. The molecule has 1 aromatic heterocycles. The summed E-state index contributed by atoms with van der Waals surface area (Å²) >= 11 is 0. The molecule has 0 spiro atoms. The summed E-state index contributed by atoms with van der Waals surface area (Å²) in [7, 11) is 0. The average Bonchev–Trinajstić information content (AvgIpc) is 2.47. The second-order valence-corrected chi connectivity index (χ2v) is 5.12. The number of aryl methyl sites for hydroxylation is 1. The van der Waals surface area contributed by atoms with E-state index in [0.717, 1.165) is 31.8 Å². The lowest BCUT2D eigenvalue weighted by Crippen LogP contribution is -2.38. The third-order valence-electron chi connectivity index (χ3n) is 3.11. The first-order chi connectivity index (χ1) is 10.6. The van der Waals surface area contributed by atoms with Crippen LogP contribution in [0.4, 0.5) is 11.9 Å². The van der Waals surface area contributed by atoms with Gasteiger partial charge in [-0.2, -0.15) is 15.0 Å². The molecule has 1 unspecified atom stereocenters. The maximum Gasteiger partial charge on any atom is 0.304 e. The highest BCUT2D eigenvalue weighted by molar-refractivity contribution is 5.66. The van der Waals surface area contributed by atoms with Crippen molar-refractivity contribution in [2.75, 3.05) is 36.5 Å². The normalized spacial score (nSPS) is 16.2. The Labute approximate surface area is 130 Å². The van der Waals surface area contributed by atoms with Gasteiger partial charge in [-0.1, -0.05) is 6.92 Å². The molecular formula is C14H23N5O3. The van der Waals surface area contributed by atoms with Crippen LogP contribution >= 0.6 is 0 Å². The molecular weight excluding hydrogens is 286 g/mol. The van der Waals surface area contributed by atoms with Gasteiger partial charge in [-0.3, -0.25) is 4.79 Å². The number of esters is 1. The zero-order chi connectivity index (χ0) is 15.9. The van der Waals surface area contributed by atoms with Crippen LogP contribution in [0.1, 0.15) is 33.0 Å². The van der Waals surface area contributed by atoms with Gasteiger partial charge in [0.15, 0.2) is 6.23 Å². The fraction of sp³-hybridized carbons (Fsp3) is 0.714. The standard InChI is InChI=1S/C14H23N5O3/c1-4-5-12-16-13(15-10(2)22-11(3)20)18-14(17-12)19-6-8-21-9-7-19/h10H,4-9H2,1-3H3,(H,15,16,17,18). The van der Waals surface area contributed by atoms with Crippen LogP contribution in [0.5, 0.6) is 0 Å². The van der Waals surface area contributed by atoms with Crippen molar-refractivity contribution < 1.29 is 14.3 Å². The molecule has 0 aromatic carbocycles. The summed E-state index contributed by atoms with van der Waals surface area (Å²) in [5.41, 5.74) is 0. The van der Waals surface area contributed by atoms with E-state index in [1.807, 2.05) is 0 Å². The Morgan fingerprint density at radius 3 is 2.73 bits per heavy atom. The van der Waals surface area contributed by atoms with Crippen LogP contribution in [0, 0.1) is 0 Å². The average molecular weight is 309 g/mol. The summed E-state index contributed by atoms with van der Waals surface area (Å²) in [5, 5.41) is 2.99. The van der Waals surface area contributed by atoms with E-state index in [1.54, 1.807) is 6.92 Å². The molecule has 1 saturated heterocycles. The highest BCUT2D eigenvalue weighted by Gasteiger charge is 2.17. The van der Waals surface area contributed by atoms with Crippen molar-refractivity contribution in [3.63, 3.8) is 0 Å². The molecule has 2 heterocycles. The van der Waals surface area contributed by atoms with E-state index in [2.05, 4.69) is 32.1 Å². The van der Waals surface area contributed by atoms with Crippen molar-refractivity contribution in [1.29, 1.82) is 0 Å². The number of ether oxygens (including phenoxy) is 2. The van der Waals surface area contributed by atoms with E-state index in [1.165, 1.54) is 6.92 Å². The maximum absolute atomic E-state index is 11.0. The molecule has 0 amide bonds. The van der Waals surface area contributed by atoms with Crippen LogP contribution in [-0.2, 0) is 20.7 Å². The molecule has 0 saturated carbocycles. The molecule has 1 fully saturated rings. The van der Waals surface area contributed by atoms with Crippen molar-refractivity contribution in [3.8, 4) is 0 Å². The fourth-order valence-electron chi connectivity index (χ4n) is 2.17. The topological polar surface area (TPSA) is 89.5 Å². The lowest BCUT2D eigenvalue weighted by atomic mass is 10.3. The van der Waals surface area contributed by atoms with Gasteiger partial charge in [-0.15, -0.1) is 0 Å². The number of carbonyl (C=O) groups excluding carboxylic acids is 1. The zero-order valence-electron chi connectivity index (χ0n) is 13.3. The van der Waals surface area contributed by atoms with Gasteiger partial charge in [0.05, 0.1) is 13.2 Å². The molecule has 8 heteroatoms. The Morgan fingerprint density at radius 2 is 2.09 bits per heavy atom. The highest BCUT2D eigenvalue weighted by Crippen LogP contribution is 2.14. The van der Waals surface area contributed by atoms with Gasteiger partial charge in [0.1, 0.15) is 5.82 Å².